The Morgan fingerprint density at radius 1 is 1.47 bits per heavy atom. The third kappa shape index (κ3) is 2.32. The predicted molar refractivity (Wildman–Crippen MR) is 65.4 cm³/mol. The van der Waals surface area contributed by atoms with Crippen LogP contribution in [0.4, 0.5) is 5.13 Å². The average Bonchev–Trinajstić information content (AvgIpc) is 2.61. The van der Waals surface area contributed by atoms with Gasteiger partial charge < -0.3 is 10.6 Å². The van der Waals surface area contributed by atoms with Crippen LogP contribution in [0.1, 0.15) is 30.3 Å². The molecule has 1 aliphatic rings. The minimum Gasteiger partial charge on any atom is -0.348 e. The Labute approximate surface area is 95.3 Å². The van der Waals surface area contributed by atoms with Crippen molar-refractivity contribution in [3.05, 3.63) is 10.6 Å². The zero-order valence-corrected chi connectivity index (χ0v) is 10.3. The molecule has 2 N–H and O–H groups in total. The van der Waals surface area contributed by atoms with Gasteiger partial charge in [-0.2, -0.15) is 0 Å². The number of anilines is 1. The molecule has 0 bridgehead atoms. The maximum atomic E-state index is 5.67. The molecule has 0 aromatic carbocycles. The highest BCUT2D eigenvalue weighted by molar-refractivity contribution is 7.15. The number of rotatable bonds is 2. The lowest BCUT2D eigenvalue weighted by molar-refractivity contribution is 0.438. The molecule has 15 heavy (non-hydrogen) atoms. The van der Waals surface area contributed by atoms with Crippen LogP contribution < -0.4 is 10.6 Å². The predicted octanol–water partition coefficient (Wildman–Crippen LogP) is 2.15. The van der Waals surface area contributed by atoms with E-state index in [1.54, 1.807) is 11.3 Å². The highest BCUT2D eigenvalue weighted by atomic mass is 32.1. The van der Waals surface area contributed by atoms with Crippen LogP contribution in [0.5, 0.6) is 0 Å². The molecule has 1 fully saturated rings. The number of nitrogens with zero attached hydrogens (tertiary/aromatic N) is 2. The van der Waals surface area contributed by atoms with E-state index in [9.17, 15) is 0 Å². The molecule has 0 saturated carbocycles. The number of hydrogen-bond donors (Lipinski definition) is 1. The Hall–Kier alpha value is -0.610. The van der Waals surface area contributed by atoms with Crippen molar-refractivity contribution in [3.63, 3.8) is 0 Å². The summed E-state index contributed by atoms with van der Waals surface area (Å²) in [5, 5.41) is 1.17. The summed E-state index contributed by atoms with van der Waals surface area (Å²) in [6.07, 6.45) is 2.58. The first kappa shape index (κ1) is 10.9. The molecule has 4 heteroatoms. The molecule has 3 nitrogen and oxygen atoms in total. The molecule has 0 amide bonds. The summed E-state index contributed by atoms with van der Waals surface area (Å²) in [4.78, 5) is 8.22. The van der Waals surface area contributed by atoms with Gasteiger partial charge in [-0.15, -0.1) is 11.3 Å². The molecule has 0 radical (unpaired) electrons. The topological polar surface area (TPSA) is 42.2 Å². The van der Waals surface area contributed by atoms with Crippen LogP contribution in [0, 0.1) is 12.8 Å². The molecule has 0 spiro atoms. The van der Waals surface area contributed by atoms with Crippen LogP contribution in [0.15, 0.2) is 0 Å². The molecule has 2 rings (SSSR count). The third-order valence-corrected chi connectivity index (χ3v) is 4.36. The minimum absolute atomic E-state index is 0.619. The van der Waals surface area contributed by atoms with Crippen LogP contribution in [0.3, 0.4) is 0 Å². The van der Waals surface area contributed by atoms with Crippen molar-refractivity contribution in [1.82, 2.24) is 4.98 Å². The first-order valence-electron chi connectivity index (χ1n) is 5.62. The zero-order chi connectivity index (χ0) is 10.8. The maximum absolute atomic E-state index is 5.67. The van der Waals surface area contributed by atoms with Crippen LogP contribution in [-0.4, -0.2) is 18.1 Å². The molecule has 2 heterocycles. The van der Waals surface area contributed by atoms with E-state index in [1.165, 1.54) is 22.9 Å². The van der Waals surface area contributed by atoms with Crippen molar-refractivity contribution < 1.29 is 0 Å². The number of nitrogens with two attached hydrogens (primary N) is 1. The SMILES string of the molecule is Cc1nc(N2CCC(C)CC2)sc1CN. The Balaban J connectivity index is 2.09. The lowest BCUT2D eigenvalue weighted by atomic mass is 10.00. The first-order valence-corrected chi connectivity index (χ1v) is 6.43. The van der Waals surface area contributed by atoms with E-state index in [0.717, 1.165) is 24.7 Å². The van der Waals surface area contributed by atoms with Crippen LogP contribution >= 0.6 is 11.3 Å². The molecular formula is C11H19N3S. The van der Waals surface area contributed by atoms with E-state index in [0.29, 0.717) is 6.54 Å². The van der Waals surface area contributed by atoms with Gasteiger partial charge in [0.15, 0.2) is 5.13 Å². The van der Waals surface area contributed by atoms with Crippen molar-refractivity contribution >= 4 is 16.5 Å². The summed E-state index contributed by atoms with van der Waals surface area (Å²) in [7, 11) is 0. The van der Waals surface area contributed by atoms with Gasteiger partial charge >= 0.3 is 0 Å². The number of hydrogen-bond acceptors (Lipinski definition) is 4. The Kier molecular flexibility index (Phi) is 3.26. The molecular weight excluding hydrogens is 206 g/mol. The van der Waals surface area contributed by atoms with E-state index in [1.807, 2.05) is 0 Å². The van der Waals surface area contributed by atoms with Gasteiger partial charge in [-0.05, 0) is 25.7 Å². The van der Waals surface area contributed by atoms with E-state index in [-0.39, 0.29) is 0 Å². The molecule has 1 aliphatic heterocycles. The second kappa shape index (κ2) is 4.49. The smallest absolute Gasteiger partial charge is 0.185 e. The fraction of sp³-hybridized carbons (Fsp3) is 0.727. The highest BCUT2D eigenvalue weighted by Gasteiger charge is 2.19. The normalized spacial score (nSPS) is 18.5. The number of piperidine rings is 1. The second-order valence-electron chi connectivity index (χ2n) is 4.38. The van der Waals surface area contributed by atoms with Crippen molar-refractivity contribution in [3.8, 4) is 0 Å². The van der Waals surface area contributed by atoms with Gasteiger partial charge in [0, 0.05) is 24.5 Å². The minimum atomic E-state index is 0.619. The zero-order valence-electron chi connectivity index (χ0n) is 9.49. The summed E-state index contributed by atoms with van der Waals surface area (Å²) in [5.74, 6) is 0.872. The van der Waals surface area contributed by atoms with Gasteiger partial charge in [-0.25, -0.2) is 4.98 Å². The molecule has 0 unspecified atom stereocenters. The van der Waals surface area contributed by atoms with Gasteiger partial charge in [-0.3, -0.25) is 0 Å². The van der Waals surface area contributed by atoms with Gasteiger partial charge in [-0.1, -0.05) is 6.92 Å². The van der Waals surface area contributed by atoms with Gasteiger partial charge in [0.1, 0.15) is 0 Å². The number of aryl methyl sites for hydroxylation is 1. The van der Waals surface area contributed by atoms with Gasteiger partial charge in [0.05, 0.1) is 5.69 Å². The van der Waals surface area contributed by atoms with E-state index in [4.69, 9.17) is 5.73 Å². The number of thiazole rings is 1. The lowest BCUT2D eigenvalue weighted by Gasteiger charge is -2.29. The first-order chi connectivity index (χ1) is 7.20. The highest BCUT2D eigenvalue weighted by Crippen LogP contribution is 2.29. The maximum Gasteiger partial charge on any atom is 0.185 e. The van der Waals surface area contributed by atoms with Crippen LogP contribution in [0.25, 0.3) is 0 Å². The number of aromatic nitrogens is 1. The van der Waals surface area contributed by atoms with Crippen molar-refractivity contribution in [1.29, 1.82) is 0 Å². The van der Waals surface area contributed by atoms with Gasteiger partial charge in [0.2, 0.25) is 0 Å². The van der Waals surface area contributed by atoms with Crippen LogP contribution in [-0.2, 0) is 6.54 Å². The summed E-state index contributed by atoms with van der Waals surface area (Å²) < 4.78 is 0. The quantitative estimate of drug-likeness (QED) is 0.838. The summed E-state index contributed by atoms with van der Waals surface area (Å²) in [6, 6.07) is 0. The average molecular weight is 225 g/mol. The summed E-state index contributed by atoms with van der Waals surface area (Å²) >= 11 is 1.76. The molecule has 1 saturated heterocycles. The third-order valence-electron chi connectivity index (χ3n) is 3.12. The Morgan fingerprint density at radius 2 is 2.13 bits per heavy atom. The summed E-state index contributed by atoms with van der Waals surface area (Å²) in [6.45, 7) is 7.30. The van der Waals surface area contributed by atoms with Crippen LogP contribution in [0.2, 0.25) is 0 Å². The van der Waals surface area contributed by atoms with Gasteiger partial charge in [0.25, 0.3) is 0 Å². The van der Waals surface area contributed by atoms with E-state index in [2.05, 4.69) is 23.7 Å². The van der Waals surface area contributed by atoms with E-state index >= 15 is 0 Å². The molecule has 0 aliphatic carbocycles. The van der Waals surface area contributed by atoms with E-state index < -0.39 is 0 Å². The largest absolute Gasteiger partial charge is 0.348 e. The van der Waals surface area contributed by atoms with Crippen molar-refractivity contribution in [2.45, 2.75) is 33.2 Å². The molecule has 1 aromatic rings. The fourth-order valence-corrected chi connectivity index (χ4v) is 2.93. The standard InChI is InChI=1S/C11H19N3S/c1-8-3-5-14(6-4-8)11-13-9(2)10(7-12)15-11/h8H,3-7,12H2,1-2H3. The fourth-order valence-electron chi connectivity index (χ4n) is 1.94. The van der Waals surface area contributed by atoms with Crippen molar-refractivity contribution in [2.75, 3.05) is 18.0 Å². The molecule has 0 atom stereocenters. The Bertz CT molecular complexity index is 327. The lowest BCUT2D eigenvalue weighted by Crippen LogP contribution is -2.32. The monoisotopic (exact) mass is 225 g/mol. The Morgan fingerprint density at radius 3 is 2.67 bits per heavy atom. The van der Waals surface area contributed by atoms with Crippen molar-refractivity contribution in [2.24, 2.45) is 11.7 Å². The molecule has 1 aromatic heterocycles. The summed E-state index contributed by atoms with van der Waals surface area (Å²) in [5.41, 5.74) is 6.78. The molecule has 84 valence electrons. The second-order valence-corrected chi connectivity index (χ2v) is 5.44.